The molecule has 0 heterocycles. The van der Waals surface area contributed by atoms with Crippen LogP contribution < -0.4 is 38.5 Å². The summed E-state index contributed by atoms with van der Waals surface area (Å²) in [5, 5.41) is 3.10. The number of benzene rings is 6. The molecule has 8 rings (SSSR count). The van der Waals surface area contributed by atoms with Gasteiger partial charge in [0.1, 0.15) is 0 Å². The summed E-state index contributed by atoms with van der Waals surface area (Å²) in [7, 11) is 0. The molecule has 0 atom stereocenters. The van der Waals surface area contributed by atoms with E-state index in [-0.39, 0.29) is 35.6 Å². The van der Waals surface area contributed by atoms with Crippen LogP contribution in [0.5, 0.6) is 0 Å². The Kier molecular flexibility index (Phi) is 12.1. The molecule has 0 saturated carbocycles. The van der Waals surface area contributed by atoms with Gasteiger partial charge in [0.25, 0.3) is 0 Å². The molecule has 0 fully saturated rings. The summed E-state index contributed by atoms with van der Waals surface area (Å²) in [5.41, 5.74) is 13.3. The van der Waals surface area contributed by atoms with Gasteiger partial charge in [0.05, 0.1) is 0 Å². The van der Waals surface area contributed by atoms with Gasteiger partial charge in [0, 0.05) is 0 Å². The number of allylic oxidation sites excluding steroid dienone is 4. The molecule has 270 valence electrons. The smallest absolute Gasteiger partial charge is 1.00 e. The van der Waals surface area contributed by atoms with Crippen LogP contribution in [0, 0.1) is 0 Å². The van der Waals surface area contributed by atoms with Crippen molar-refractivity contribution >= 4 is 19.1 Å². The zero-order valence-corrected chi connectivity index (χ0v) is 37.1. The number of halogens is 2. The molecule has 6 aromatic carbocycles. The molecule has 2 aliphatic rings. The second-order valence-electron chi connectivity index (χ2n) is 16.5. The zero-order chi connectivity index (χ0) is 36.0. The second kappa shape index (κ2) is 16.3. The van der Waals surface area contributed by atoms with E-state index in [2.05, 4.69) is 205 Å². The van der Waals surface area contributed by atoms with Crippen molar-refractivity contribution in [3.63, 3.8) is 0 Å². The van der Waals surface area contributed by atoms with Crippen molar-refractivity contribution in [3.05, 3.63) is 186 Å². The molecule has 54 heavy (non-hydrogen) atoms. The van der Waals surface area contributed by atoms with Crippen molar-refractivity contribution in [1.29, 1.82) is 0 Å². The maximum absolute atomic E-state index is 2.78. The Balaban J connectivity index is 0.00000249. The summed E-state index contributed by atoms with van der Waals surface area (Å²) < 4.78 is 2.22. The summed E-state index contributed by atoms with van der Waals surface area (Å²) in [6.07, 6.45) is 10.8. The fraction of sp³-hybridized carbons (Fsp3) is 0.200. The number of fused-ring (bicyclic) bond motifs is 3. The molecule has 0 bridgehead atoms. The Labute approximate surface area is 343 Å². The molecule has 0 radical (unpaired) electrons. The fourth-order valence-electron chi connectivity index (χ4n) is 8.42. The van der Waals surface area contributed by atoms with Gasteiger partial charge < -0.3 is 24.8 Å². The van der Waals surface area contributed by atoms with Gasteiger partial charge in [-0.25, -0.2) is 0 Å². The molecule has 0 unspecified atom stereocenters. The Morgan fingerprint density at radius 2 is 0.981 bits per heavy atom. The first kappa shape index (κ1) is 40.2. The van der Waals surface area contributed by atoms with Crippen LogP contribution in [0.3, 0.4) is 0 Å². The summed E-state index contributed by atoms with van der Waals surface area (Å²) in [5.74, 6) is 0. The van der Waals surface area contributed by atoms with E-state index in [1.165, 1.54) is 50.1 Å². The first-order valence-corrected chi connectivity index (χ1v) is 26.6. The van der Waals surface area contributed by atoms with E-state index in [0.29, 0.717) is 3.63 Å². The third-order valence-corrected chi connectivity index (χ3v) is 30.1. The number of hydrogen-bond acceptors (Lipinski definition) is 0. The van der Waals surface area contributed by atoms with Crippen LogP contribution in [-0.2, 0) is 37.6 Å². The predicted octanol–water partition coefficient (Wildman–Crippen LogP) is 5.16. The zero-order valence-electron chi connectivity index (χ0n) is 32.1. The first-order chi connectivity index (χ1) is 25.1. The quantitative estimate of drug-likeness (QED) is 0.204. The van der Waals surface area contributed by atoms with Crippen molar-refractivity contribution in [2.24, 2.45) is 0 Å². The minimum atomic E-state index is -2.78. The van der Waals surface area contributed by atoms with Crippen LogP contribution in [0.2, 0.25) is 3.63 Å². The SMILES string of the molecule is CC(C)(C)c1cc2c(cc1-c1ccccc1)Cc1c-2cc(C(C)(C)C)c(-c2ccccc2)[c]1[Zr+2]([CH]1C=CC=C1)=[Si](c1ccccc1)c1ccccc1.[Cl-].[Cl-]. The molecule has 0 saturated heterocycles. The average Bonchev–Trinajstić information content (AvgIpc) is 3.82. The molecule has 0 spiro atoms. The molecule has 4 heteroatoms. The molecule has 2 aliphatic carbocycles. The molecule has 0 N–H and O–H groups in total. The van der Waals surface area contributed by atoms with Crippen molar-refractivity contribution < 1.29 is 45.2 Å². The molecule has 6 aromatic rings. The van der Waals surface area contributed by atoms with E-state index < -0.39 is 25.8 Å². The van der Waals surface area contributed by atoms with Gasteiger partial charge in [-0.1, -0.05) is 0 Å². The van der Waals surface area contributed by atoms with E-state index in [9.17, 15) is 0 Å². The van der Waals surface area contributed by atoms with Crippen LogP contribution in [0.25, 0.3) is 33.4 Å². The first-order valence-electron chi connectivity index (χ1n) is 18.8. The molecule has 0 aliphatic heterocycles. The Hall–Kier alpha value is -3.52. The van der Waals surface area contributed by atoms with Crippen molar-refractivity contribution in [3.8, 4) is 33.4 Å². The van der Waals surface area contributed by atoms with Crippen LogP contribution in [-0.4, -0.2) is 5.43 Å². The van der Waals surface area contributed by atoms with E-state index in [1.54, 1.807) is 19.2 Å². The predicted molar refractivity (Wildman–Crippen MR) is 223 cm³/mol. The van der Waals surface area contributed by atoms with Crippen molar-refractivity contribution in [2.45, 2.75) is 62.4 Å². The van der Waals surface area contributed by atoms with Gasteiger partial charge in [-0.3, -0.25) is 0 Å². The number of hydrogen-bond donors (Lipinski definition) is 0. The van der Waals surface area contributed by atoms with Gasteiger partial charge in [-0.2, -0.15) is 0 Å². The van der Waals surface area contributed by atoms with Gasteiger partial charge in [0.2, 0.25) is 0 Å². The fourth-order valence-corrected chi connectivity index (χ4v) is 30.1. The van der Waals surface area contributed by atoms with Gasteiger partial charge in [0.15, 0.2) is 0 Å². The van der Waals surface area contributed by atoms with Gasteiger partial charge in [-0.15, -0.1) is 0 Å². The Morgan fingerprint density at radius 3 is 1.48 bits per heavy atom. The van der Waals surface area contributed by atoms with Gasteiger partial charge >= 0.3 is 321 Å². The maximum atomic E-state index is 2.63. The van der Waals surface area contributed by atoms with Gasteiger partial charge in [-0.05, 0) is 0 Å². The molecule has 0 aromatic heterocycles. The van der Waals surface area contributed by atoms with E-state index in [4.69, 9.17) is 0 Å². The summed E-state index contributed by atoms with van der Waals surface area (Å²) in [6, 6.07) is 53.5. The van der Waals surface area contributed by atoms with Crippen molar-refractivity contribution in [2.75, 3.05) is 0 Å². The second-order valence-corrected chi connectivity index (χ2v) is 30.2. The van der Waals surface area contributed by atoms with Crippen LogP contribution in [0.15, 0.2) is 164 Å². The Morgan fingerprint density at radius 1 is 0.519 bits per heavy atom. The normalized spacial score (nSPS) is 13.0. The van der Waals surface area contributed by atoms with Crippen LogP contribution >= 0.6 is 0 Å². The largest absolute Gasteiger partial charge is 1.00 e. The summed E-state index contributed by atoms with van der Waals surface area (Å²) in [4.78, 5) is 0. The Bertz CT molecular complexity index is 2310. The van der Waals surface area contributed by atoms with Crippen molar-refractivity contribution in [1.82, 2.24) is 0 Å². The number of rotatable bonds is 6. The summed E-state index contributed by atoms with van der Waals surface area (Å²) in [6.45, 7) is 14.4. The average molecular weight is 839 g/mol. The minimum Gasteiger partial charge on any atom is -1.00 e. The van der Waals surface area contributed by atoms with E-state index in [0.717, 1.165) is 6.42 Å². The third-order valence-electron chi connectivity index (χ3n) is 10.8. The van der Waals surface area contributed by atoms with E-state index in [1.807, 2.05) is 0 Å². The molecular weight excluding hydrogens is 791 g/mol. The maximum Gasteiger partial charge on any atom is -1.00 e. The molecular formula is C50H48Cl2SiZr. The topological polar surface area (TPSA) is 0 Å². The molecule has 0 amide bonds. The molecule has 0 nitrogen and oxygen atoms in total. The van der Waals surface area contributed by atoms with E-state index >= 15 is 0 Å². The summed E-state index contributed by atoms with van der Waals surface area (Å²) >= 11 is -2.78. The van der Waals surface area contributed by atoms with Crippen LogP contribution in [0.4, 0.5) is 0 Å². The minimum absolute atomic E-state index is 0. The third kappa shape index (κ3) is 7.66. The monoisotopic (exact) mass is 836 g/mol. The van der Waals surface area contributed by atoms with Crippen LogP contribution in [0.1, 0.15) is 63.8 Å². The standard InChI is InChI=1S/C33H33.C12H10Si.C5H5.2ClH.Zr/c1-32(2,3)30-20-26-24(18-28(30)22-13-9-7-10-14-22)17-25-19-29(23-15-11-8-12-16-23)31(21-27(25)26)33(4,5)6;1-3-7-11(8-4-1)13-12-9-5-2-6-10-12;1-2-4-5-3-1;;;/h7-16,18,20-21H,17H2,1-6H3;1-10H;1-5H;2*1H;/q;;;;;+2/p-2.